The molecule has 10 heteroatoms. The van der Waals surface area contributed by atoms with Gasteiger partial charge in [0.1, 0.15) is 0 Å². The summed E-state index contributed by atoms with van der Waals surface area (Å²) in [5, 5.41) is 2.35. The van der Waals surface area contributed by atoms with Crippen molar-refractivity contribution in [3.05, 3.63) is 313 Å². The Morgan fingerprint density at radius 3 is 1.34 bits per heavy atom. The van der Waals surface area contributed by atoms with Crippen LogP contribution < -0.4 is 66.8 Å². The second kappa shape index (κ2) is 19.2. The molecule has 23 rings (SSSR count). The molecular formula is C90H60B2N6O2. The molecule has 0 amide bonds. The first-order valence-electron chi connectivity index (χ1n) is 35.0. The van der Waals surface area contributed by atoms with Gasteiger partial charge in [-0.3, -0.25) is 0 Å². The molecule has 8 nitrogen and oxygen atoms in total. The molecule has 0 spiro atoms. The van der Waals surface area contributed by atoms with Crippen LogP contribution in [-0.2, 0) is 10.8 Å². The molecule has 0 aliphatic carbocycles. The smallest absolute Gasteiger partial charge is 0.252 e. The van der Waals surface area contributed by atoms with Crippen molar-refractivity contribution in [2.75, 3.05) is 24.5 Å². The van der Waals surface area contributed by atoms with Gasteiger partial charge >= 0.3 is 0 Å². The minimum absolute atomic E-state index is 0.0150. The minimum Gasteiger partial charge on any atom is -0.453 e. The number of nitrogens with zero attached hydrogens (tertiary/aromatic N) is 6. The third kappa shape index (κ3) is 6.87. The SMILES string of the molecule is CC1(C)c2ccccc2N2c3cc(-n4c5ccccc5c5c(-c6cc7c8c(c6)B6c9cccc%10c9N(c9ccccc9O%10)c9cc(N(c%10ccccc%10)c%10ccccc%10)cc(c96)N8c6ccccc6O7)cccc54)cc4c3B(c3cccc1c32)c1cccc2c1N4c1ccccc1C2(C)C. The molecule has 14 aromatic carbocycles. The summed E-state index contributed by atoms with van der Waals surface area (Å²) in [6.07, 6.45) is 0. The first-order valence-corrected chi connectivity index (χ1v) is 35.0. The van der Waals surface area contributed by atoms with Crippen molar-refractivity contribution in [1.82, 2.24) is 4.57 Å². The van der Waals surface area contributed by atoms with Crippen LogP contribution in [0.2, 0.25) is 0 Å². The molecule has 0 unspecified atom stereocenters. The van der Waals surface area contributed by atoms with Gasteiger partial charge in [0, 0.05) is 67.1 Å². The number of hydrogen-bond donors (Lipinski definition) is 0. The van der Waals surface area contributed by atoms with Gasteiger partial charge in [-0.15, -0.1) is 0 Å². The second-order valence-electron chi connectivity index (χ2n) is 29.1. The van der Waals surface area contributed by atoms with E-state index in [0.717, 1.165) is 107 Å². The highest BCUT2D eigenvalue weighted by Crippen LogP contribution is 2.61. The summed E-state index contributed by atoms with van der Waals surface area (Å²) < 4.78 is 17.0. The van der Waals surface area contributed by atoms with Crippen molar-refractivity contribution < 1.29 is 9.47 Å². The van der Waals surface area contributed by atoms with Crippen molar-refractivity contribution in [3.63, 3.8) is 0 Å². The highest BCUT2D eigenvalue weighted by atomic mass is 16.5. The van der Waals surface area contributed by atoms with Crippen LogP contribution >= 0.6 is 0 Å². The average Bonchev–Trinajstić information content (AvgIpc) is 0.687. The van der Waals surface area contributed by atoms with Gasteiger partial charge in [0.2, 0.25) is 0 Å². The quantitative estimate of drug-likeness (QED) is 0.159. The summed E-state index contributed by atoms with van der Waals surface area (Å²) in [5.74, 6) is 3.24. The van der Waals surface area contributed by atoms with Gasteiger partial charge in [0.05, 0.1) is 56.5 Å². The Morgan fingerprint density at radius 2 is 0.740 bits per heavy atom. The predicted molar refractivity (Wildman–Crippen MR) is 413 cm³/mol. The lowest BCUT2D eigenvalue weighted by molar-refractivity contribution is 0.477. The molecule has 0 saturated heterocycles. The van der Waals surface area contributed by atoms with Crippen LogP contribution in [0.3, 0.4) is 0 Å². The fourth-order valence-corrected chi connectivity index (χ4v) is 19.3. The summed E-state index contributed by atoms with van der Waals surface area (Å²) in [7, 11) is 0. The zero-order valence-corrected chi connectivity index (χ0v) is 55.4. The first kappa shape index (κ1) is 54.7. The van der Waals surface area contributed by atoms with Gasteiger partial charge in [-0.2, -0.15) is 0 Å². The van der Waals surface area contributed by atoms with E-state index in [4.69, 9.17) is 9.47 Å². The molecular weight excluding hydrogens is 1220 g/mol. The fraction of sp³-hybridized carbons (Fsp3) is 0.0667. The van der Waals surface area contributed by atoms with Crippen LogP contribution in [0.15, 0.2) is 291 Å². The molecule has 15 aromatic rings. The summed E-state index contributed by atoms with van der Waals surface area (Å²) in [4.78, 5) is 12.7. The zero-order chi connectivity index (χ0) is 65.8. The molecule has 100 heavy (non-hydrogen) atoms. The van der Waals surface area contributed by atoms with E-state index in [1.807, 2.05) is 0 Å². The van der Waals surface area contributed by atoms with Crippen LogP contribution in [0.4, 0.5) is 85.3 Å². The number of aromatic nitrogens is 1. The standard InChI is InChI=1S/C90H60B2N6O2/c1-89(2)60-31-12-15-39-69(60)95-74-51-57(52-75-83(74)91(64-35-22-33-62(89)85(64)95)65-36-23-34-63-86(65)96(75)70-40-16-13-32-61(70)90(63,3)4)94-68-38-14-11-29-59(68)82-58(30-21-43-73(82)94)53-47-67-88-81(48-53)100-79-45-20-18-42-72(79)98(88)77-50-56(93(54-25-7-5-8-26-54)55-27-9-6-10-28-55)49-76-84(77)92(67)66-37-24-46-80-87(66)97(76)71-41-17-19-44-78(71)99-80/h5-52H,1-4H3. The van der Waals surface area contributed by atoms with Gasteiger partial charge in [0.15, 0.2) is 23.0 Å². The van der Waals surface area contributed by atoms with Crippen molar-refractivity contribution in [2.24, 2.45) is 0 Å². The van der Waals surface area contributed by atoms with Gasteiger partial charge in [-0.05, 0) is 175 Å². The van der Waals surface area contributed by atoms with E-state index < -0.39 is 0 Å². The maximum atomic E-state index is 7.43. The zero-order valence-electron chi connectivity index (χ0n) is 55.4. The van der Waals surface area contributed by atoms with Gasteiger partial charge in [0.25, 0.3) is 13.4 Å². The van der Waals surface area contributed by atoms with Crippen LogP contribution in [0, 0.1) is 0 Å². The highest BCUT2D eigenvalue weighted by molar-refractivity contribution is 7.01. The van der Waals surface area contributed by atoms with Gasteiger partial charge in [-0.25, -0.2) is 0 Å². The number of fused-ring (bicyclic) bond motifs is 19. The normalized spacial score (nSPS) is 15.2. The third-order valence-corrected chi connectivity index (χ3v) is 23.4. The molecule has 0 fully saturated rings. The Hall–Kier alpha value is -12.4. The maximum Gasteiger partial charge on any atom is 0.252 e. The van der Waals surface area contributed by atoms with E-state index >= 15 is 0 Å². The average molecular weight is 1280 g/mol. The molecule has 9 heterocycles. The van der Waals surface area contributed by atoms with Crippen molar-refractivity contribution >= 4 is 153 Å². The lowest BCUT2D eigenvalue weighted by atomic mass is 9.32. The van der Waals surface area contributed by atoms with Crippen molar-refractivity contribution in [1.29, 1.82) is 0 Å². The summed E-state index contributed by atoms with van der Waals surface area (Å²) in [6, 6.07) is 109. The van der Waals surface area contributed by atoms with E-state index in [0.29, 0.717) is 0 Å². The second-order valence-corrected chi connectivity index (χ2v) is 29.1. The number of anilines is 15. The van der Waals surface area contributed by atoms with Crippen LogP contribution in [0.1, 0.15) is 49.9 Å². The molecule has 8 aliphatic rings. The number of benzene rings is 14. The summed E-state index contributed by atoms with van der Waals surface area (Å²) in [6.45, 7) is 9.42. The van der Waals surface area contributed by atoms with Crippen LogP contribution in [-0.4, -0.2) is 18.0 Å². The number of ether oxygens (including phenoxy) is 2. The Bertz CT molecular complexity index is 6010. The lowest BCUT2D eigenvalue weighted by Gasteiger charge is -2.52. The predicted octanol–water partition coefficient (Wildman–Crippen LogP) is 19.6. The van der Waals surface area contributed by atoms with E-state index in [9.17, 15) is 0 Å². The summed E-state index contributed by atoms with van der Waals surface area (Å²) in [5.41, 5.74) is 34.9. The number of rotatable bonds is 5. The van der Waals surface area contributed by atoms with Gasteiger partial charge in [-0.1, -0.05) is 210 Å². The van der Waals surface area contributed by atoms with Gasteiger partial charge < -0.3 is 38.5 Å². The molecule has 0 radical (unpaired) electrons. The minimum atomic E-state index is -0.250. The van der Waals surface area contributed by atoms with Crippen LogP contribution in [0.5, 0.6) is 23.0 Å². The Labute approximate surface area is 580 Å². The van der Waals surface area contributed by atoms with E-state index in [1.54, 1.807) is 0 Å². The molecule has 8 aliphatic heterocycles. The highest BCUT2D eigenvalue weighted by Gasteiger charge is 2.53. The topological polar surface area (TPSA) is 39.6 Å². The lowest BCUT2D eigenvalue weighted by Crippen LogP contribution is -2.63. The van der Waals surface area contributed by atoms with E-state index in [2.05, 4.69) is 348 Å². The molecule has 0 N–H and O–H groups in total. The fourth-order valence-electron chi connectivity index (χ4n) is 19.3. The van der Waals surface area contributed by atoms with Crippen LogP contribution in [0.25, 0.3) is 38.6 Å². The van der Waals surface area contributed by atoms with Crippen molar-refractivity contribution in [3.8, 4) is 39.8 Å². The van der Waals surface area contributed by atoms with Crippen molar-refractivity contribution in [2.45, 2.75) is 38.5 Å². The summed E-state index contributed by atoms with van der Waals surface area (Å²) >= 11 is 0. The van der Waals surface area contributed by atoms with E-state index in [-0.39, 0.29) is 24.3 Å². The molecule has 468 valence electrons. The third-order valence-electron chi connectivity index (χ3n) is 23.4. The molecule has 0 atom stereocenters. The molecule has 1 aromatic heterocycles. The Balaban J connectivity index is 0.785. The number of hydrogen-bond acceptors (Lipinski definition) is 7. The number of para-hydroxylation sites is 12. The monoisotopic (exact) mass is 1280 g/mol. The maximum absolute atomic E-state index is 7.43. The molecule has 0 saturated carbocycles. The Morgan fingerprint density at radius 1 is 0.310 bits per heavy atom. The first-order chi connectivity index (χ1) is 49.2. The molecule has 0 bridgehead atoms. The Kier molecular flexibility index (Phi) is 10.5. The van der Waals surface area contributed by atoms with E-state index in [1.165, 1.54) is 94.5 Å². The largest absolute Gasteiger partial charge is 0.453 e.